The first-order chi connectivity index (χ1) is 20.1. The van der Waals surface area contributed by atoms with Crippen molar-refractivity contribution in [2.24, 2.45) is 5.41 Å². The second-order valence-corrected chi connectivity index (χ2v) is 13.0. The summed E-state index contributed by atoms with van der Waals surface area (Å²) in [6.07, 6.45) is 5.21. The number of aromatic carboxylic acids is 1. The number of nitrogens with one attached hydrogen (secondary N) is 1. The zero-order valence-electron chi connectivity index (χ0n) is 23.9. The summed E-state index contributed by atoms with van der Waals surface area (Å²) >= 11 is 12.7. The van der Waals surface area contributed by atoms with Gasteiger partial charge in [0.25, 0.3) is 0 Å². The summed E-state index contributed by atoms with van der Waals surface area (Å²) in [5.74, 6) is -0.337. The lowest BCUT2D eigenvalue weighted by Gasteiger charge is -2.39. The van der Waals surface area contributed by atoms with Crippen molar-refractivity contribution in [2.45, 2.75) is 33.1 Å². The molecule has 1 saturated heterocycles. The maximum atomic E-state index is 12.0. The molecule has 0 unspecified atom stereocenters. The summed E-state index contributed by atoms with van der Waals surface area (Å²) in [7, 11) is 0. The Morgan fingerprint density at radius 2 is 1.74 bits per heavy atom. The number of aromatic amines is 1. The van der Waals surface area contributed by atoms with E-state index in [9.17, 15) is 9.90 Å². The zero-order valence-corrected chi connectivity index (χ0v) is 25.4. The Morgan fingerprint density at radius 3 is 2.48 bits per heavy atom. The van der Waals surface area contributed by atoms with Crippen molar-refractivity contribution in [1.82, 2.24) is 9.88 Å². The fourth-order valence-electron chi connectivity index (χ4n) is 6.12. The Bertz CT molecular complexity index is 1650. The van der Waals surface area contributed by atoms with Crippen LogP contribution in [0.25, 0.3) is 16.5 Å². The number of carbonyl (C=O) groups is 1. The summed E-state index contributed by atoms with van der Waals surface area (Å²) in [4.78, 5) is 20.0. The molecule has 0 atom stereocenters. The molecule has 1 fully saturated rings. The number of hydrogen-bond donors (Lipinski definition) is 2. The number of benzene rings is 3. The van der Waals surface area contributed by atoms with Crippen LogP contribution in [0.2, 0.25) is 10.0 Å². The van der Waals surface area contributed by atoms with Gasteiger partial charge < -0.3 is 19.7 Å². The predicted octanol–water partition coefficient (Wildman–Crippen LogP) is 8.75. The average molecular weight is 605 g/mol. The molecule has 2 aliphatic rings. The van der Waals surface area contributed by atoms with Crippen LogP contribution in [0, 0.1) is 5.41 Å². The molecule has 6 nitrogen and oxygen atoms in total. The SMILES string of the molecule is CC1(C)CCC(CN2CCN(c3ccc(C(=O)O)c(Oc4cc5cc[nH]c5cc4Cl)c3)CC2)=C(c2ccc(Cl)cc2)C1. The number of anilines is 1. The minimum Gasteiger partial charge on any atom is -0.478 e. The van der Waals surface area contributed by atoms with Crippen LogP contribution in [0.5, 0.6) is 11.5 Å². The smallest absolute Gasteiger partial charge is 0.339 e. The van der Waals surface area contributed by atoms with Gasteiger partial charge in [-0.15, -0.1) is 0 Å². The van der Waals surface area contributed by atoms with Crippen LogP contribution in [-0.2, 0) is 0 Å². The highest BCUT2D eigenvalue weighted by atomic mass is 35.5. The molecule has 6 rings (SSSR count). The molecule has 2 N–H and O–H groups in total. The topological polar surface area (TPSA) is 68.8 Å². The fraction of sp³-hybridized carbons (Fsp3) is 0.324. The maximum absolute atomic E-state index is 12.0. The minimum absolute atomic E-state index is 0.101. The molecule has 1 aliphatic heterocycles. The summed E-state index contributed by atoms with van der Waals surface area (Å²) in [5, 5.41) is 12.0. The summed E-state index contributed by atoms with van der Waals surface area (Å²) in [5.41, 5.74) is 6.50. The molecular weight excluding hydrogens is 569 g/mol. The zero-order chi connectivity index (χ0) is 29.4. The van der Waals surface area contributed by atoms with Crippen molar-refractivity contribution < 1.29 is 14.6 Å². The second-order valence-electron chi connectivity index (χ2n) is 12.1. The lowest BCUT2D eigenvalue weighted by molar-refractivity contribution is 0.0694. The van der Waals surface area contributed by atoms with E-state index < -0.39 is 5.97 Å². The molecule has 218 valence electrons. The number of fused-ring (bicyclic) bond motifs is 1. The number of nitrogens with zero attached hydrogens (tertiary/aromatic N) is 2. The molecule has 42 heavy (non-hydrogen) atoms. The highest BCUT2D eigenvalue weighted by Gasteiger charge is 2.29. The van der Waals surface area contributed by atoms with E-state index in [0.29, 0.717) is 10.8 Å². The van der Waals surface area contributed by atoms with Crippen molar-refractivity contribution in [3.05, 3.63) is 93.6 Å². The quantitative estimate of drug-likeness (QED) is 0.221. The molecule has 1 aromatic heterocycles. The van der Waals surface area contributed by atoms with Gasteiger partial charge in [-0.05, 0) is 78.3 Å². The van der Waals surface area contributed by atoms with Crippen LogP contribution in [0.3, 0.4) is 0 Å². The van der Waals surface area contributed by atoms with Crippen molar-refractivity contribution >= 4 is 51.3 Å². The molecule has 0 saturated carbocycles. The van der Waals surface area contributed by atoms with Gasteiger partial charge in [0.2, 0.25) is 0 Å². The minimum atomic E-state index is -1.04. The van der Waals surface area contributed by atoms with Crippen molar-refractivity contribution in [3.8, 4) is 11.5 Å². The number of piperazine rings is 1. The van der Waals surface area contributed by atoms with Gasteiger partial charge in [0.1, 0.15) is 17.1 Å². The Labute approximate surface area is 256 Å². The van der Waals surface area contributed by atoms with Crippen LogP contribution in [-0.4, -0.2) is 53.7 Å². The number of halogens is 2. The van der Waals surface area contributed by atoms with Crippen LogP contribution in [0.4, 0.5) is 5.69 Å². The van der Waals surface area contributed by atoms with E-state index in [1.165, 1.54) is 23.1 Å². The standard InChI is InChI=1S/C34H35Cl2N3O3/c1-34(2)11-9-24(28(20-34)22-3-5-25(35)6-4-22)21-38-13-15-39(16-14-38)26-7-8-27(33(40)41)31(18-26)42-32-17-23-10-12-37-30(23)19-29(32)36/h3-8,10,12,17-19,37H,9,11,13-16,20-21H2,1-2H3,(H,40,41). The van der Waals surface area contributed by atoms with E-state index in [-0.39, 0.29) is 16.7 Å². The molecule has 0 bridgehead atoms. The second kappa shape index (κ2) is 11.7. The van der Waals surface area contributed by atoms with Crippen LogP contribution in [0.15, 0.2) is 72.4 Å². The third-order valence-electron chi connectivity index (χ3n) is 8.55. The molecule has 2 heterocycles. The van der Waals surface area contributed by atoms with Gasteiger partial charge in [-0.3, -0.25) is 4.90 Å². The number of allylic oxidation sites excluding steroid dienone is 1. The van der Waals surface area contributed by atoms with Crippen LogP contribution < -0.4 is 9.64 Å². The third-order valence-corrected chi connectivity index (χ3v) is 9.10. The molecule has 0 spiro atoms. The fourth-order valence-corrected chi connectivity index (χ4v) is 6.44. The van der Waals surface area contributed by atoms with E-state index in [1.54, 1.807) is 12.1 Å². The van der Waals surface area contributed by atoms with Gasteiger partial charge in [-0.2, -0.15) is 0 Å². The highest BCUT2D eigenvalue weighted by molar-refractivity contribution is 6.32. The first kappa shape index (κ1) is 28.7. The Kier molecular flexibility index (Phi) is 7.97. The third kappa shape index (κ3) is 6.17. The summed E-state index contributed by atoms with van der Waals surface area (Å²) in [6.45, 7) is 9.22. The molecule has 4 aromatic rings. The van der Waals surface area contributed by atoms with Crippen molar-refractivity contribution in [1.29, 1.82) is 0 Å². The molecule has 1 aliphatic carbocycles. The number of carboxylic acid groups (broad SMARTS) is 1. The number of aromatic nitrogens is 1. The normalized spacial score (nSPS) is 17.6. The first-order valence-corrected chi connectivity index (χ1v) is 15.2. The van der Waals surface area contributed by atoms with Crippen molar-refractivity contribution in [3.63, 3.8) is 0 Å². The predicted molar refractivity (Wildman–Crippen MR) is 171 cm³/mol. The molecule has 0 radical (unpaired) electrons. The number of ether oxygens (including phenoxy) is 1. The van der Waals surface area contributed by atoms with Gasteiger partial charge in [0.15, 0.2) is 0 Å². The lowest BCUT2D eigenvalue weighted by Crippen LogP contribution is -2.47. The van der Waals surface area contributed by atoms with Gasteiger partial charge in [0.05, 0.1) is 5.02 Å². The Hall–Kier alpha value is -3.45. The number of carboxylic acids is 1. The summed E-state index contributed by atoms with van der Waals surface area (Å²) < 4.78 is 6.13. The molecule has 3 aromatic carbocycles. The van der Waals surface area contributed by atoms with E-state index in [0.717, 1.165) is 67.2 Å². The Balaban J connectivity index is 1.18. The molecule has 0 amide bonds. The molecular formula is C34H35Cl2N3O3. The van der Waals surface area contributed by atoms with E-state index in [1.807, 2.05) is 42.6 Å². The van der Waals surface area contributed by atoms with Gasteiger partial charge in [0, 0.05) is 66.6 Å². The largest absolute Gasteiger partial charge is 0.478 e. The van der Waals surface area contributed by atoms with Gasteiger partial charge in [-0.1, -0.05) is 54.8 Å². The maximum Gasteiger partial charge on any atom is 0.339 e. The monoisotopic (exact) mass is 603 g/mol. The van der Waals surface area contributed by atoms with E-state index in [4.69, 9.17) is 27.9 Å². The number of rotatable bonds is 7. The van der Waals surface area contributed by atoms with Gasteiger partial charge >= 0.3 is 5.97 Å². The van der Waals surface area contributed by atoms with Gasteiger partial charge in [-0.25, -0.2) is 4.79 Å². The van der Waals surface area contributed by atoms with Crippen molar-refractivity contribution in [2.75, 3.05) is 37.6 Å². The van der Waals surface area contributed by atoms with Crippen LogP contribution >= 0.6 is 23.2 Å². The Morgan fingerprint density at radius 1 is 0.976 bits per heavy atom. The first-order valence-electron chi connectivity index (χ1n) is 14.4. The number of H-pyrrole nitrogens is 1. The van der Waals surface area contributed by atoms with E-state index in [2.05, 4.69) is 40.8 Å². The average Bonchev–Trinajstić information content (AvgIpc) is 3.42. The highest BCUT2D eigenvalue weighted by Crippen LogP contribution is 2.43. The summed E-state index contributed by atoms with van der Waals surface area (Å²) in [6, 6.07) is 19.1. The van der Waals surface area contributed by atoms with Crippen LogP contribution in [0.1, 0.15) is 49.0 Å². The number of hydrogen-bond acceptors (Lipinski definition) is 4. The van der Waals surface area contributed by atoms with E-state index >= 15 is 0 Å². The molecule has 8 heteroatoms. The lowest BCUT2D eigenvalue weighted by atomic mass is 9.72.